The smallest absolute Gasteiger partial charge is 0.0560 e. The minimum absolute atomic E-state index is 0.184. The number of hydrogen-bond donors (Lipinski definition) is 0. The maximum Gasteiger partial charge on any atom is 0.0560 e. The average Bonchev–Trinajstić information content (AvgIpc) is 2.21. The lowest BCUT2D eigenvalue weighted by atomic mass is 9.76. The number of fused-ring (bicyclic) bond motifs is 1. The molecule has 1 heteroatoms. The van der Waals surface area contributed by atoms with Crippen LogP contribution in [0, 0.1) is 5.41 Å². The van der Waals surface area contributed by atoms with Crippen molar-refractivity contribution >= 4 is 5.71 Å². The zero-order chi connectivity index (χ0) is 10.4. The first-order valence-corrected chi connectivity index (χ1v) is 5.66. The van der Waals surface area contributed by atoms with E-state index in [1.165, 1.54) is 31.4 Å². The van der Waals surface area contributed by atoms with E-state index in [4.69, 9.17) is 4.99 Å². The summed E-state index contributed by atoms with van der Waals surface area (Å²) in [6.07, 6.45) is 7.23. The molecule has 0 bridgehead atoms. The van der Waals surface area contributed by atoms with E-state index in [2.05, 4.69) is 33.8 Å². The minimum Gasteiger partial charge on any atom is -0.287 e. The van der Waals surface area contributed by atoms with Crippen LogP contribution in [-0.4, -0.2) is 11.3 Å². The van der Waals surface area contributed by atoms with Crippen molar-refractivity contribution in [3.05, 3.63) is 11.6 Å². The number of rotatable bonds is 0. The van der Waals surface area contributed by atoms with Gasteiger partial charge in [-0.15, -0.1) is 0 Å². The Bertz CT molecular complexity index is 309. The zero-order valence-corrected chi connectivity index (χ0v) is 9.85. The van der Waals surface area contributed by atoms with E-state index in [1.807, 2.05) is 0 Å². The van der Waals surface area contributed by atoms with Gasteiger partial charge in [0.25, 0.3) is 0 Å². The molecule has 0 saturated heterocycles. The van der Waals surface area contributed by atoms with Gasteiger partial charge in [0.05, 0.1) is 5.54 Å². The van der Waals surface area contributed by atoms with Crippen LogP contribution >= 0.6 is 0 Å². The van der Waals surface area contributed by atoms with Gasteiger partial charge < -0.3 is 0 Å². The third kappa shape index (κ3) is 1.65. The first kappa shape index (κ1) is 9.95. The van der Waals surface area contributed by atoms with Crippen molar-refractivity contribution in [1.82, 2.24) is 0 Å². The van der Waals surface area contributed by atoms with Gasteiger partial charge in [-0.3, -0.25) is 4.99 Å². The fourth-order valence-electron chi connectivity index (χ4n) is 2.96. The van der Waals surface area contributed by atoms with E-state index < -0.39 is 0 Å². The lowest BCUT2D eigenvalue weighted by Gasteiger charge is -2.25. The second-order valence-corrected chi connectivity index (χ2v) is 5.86. The van der Waals surface area contributed by atoms with Gasteiger partial charge in [0.2, 0.25) is 0 Å². The van der Waals surface area contributed by atoms with Crippen LogP contribution in [0.15, 0.2) is 16.6 Å². The number of nitrogens with zero attached hydrogens (tertiary/aromatic N) is 1. The summed E-state index contributed by atoms with van der Waals surface area (Å²) in [6, 6.07) is 0. The van der Waals surface area contributed by atoms with Gasteiger partial charge >= 0.3 is 0 Å². The summed E-state index contributed by atoms with van der Waals surface area (Å²) in [6.45, 7) is 9.15. The van der Waals surface area contributed by atoms with Gasteiger partial charge in [-0.1, -0.05) is 18.6 Å². The molecule has 0 unspecified atom stereocenters. The molecule has 0 spiro atoms. The molecular formula is C13H21N. The van der Waals surface area contributed by atoms with Crippen molar-refractivity contribution in [3.8, 4) is 0 Å². The normalized spacial score (nSPS) is 35.7. The van der Waals surface area contributed by atoms with Crippen LogP contribution in [0.2, 0.25) is 0 Å². The third-order valence-electron chi connectivity index (χ3n) is 3.61. The monoisotopic (exact) mass is 191 g/mol. The summed E-state index contributed by atoms with van der Waals surface area (Å²) in [4.78, 5) is 4.89. The standard InChI is InChI=1S/C13H21N/c1-10-5-6-11-13(4,8-7-10)9-12(2,3)14-11/h7H,5-6,8-9H2,1-4H3/t13-/m1/s1. The molecule has 0 saturated carbocycles. The predicted molar refractivity (Wildman–Crippen MR) is 61.8 cm³/mol. The van der Waals surface area contributed by atoms with Crippen LogP contribution in [-0.2, 0) is 0 Å². The van der Waals surface area contributed by atoms with E-state index in [-0.39, 0.29) is 5.54 Å². The molecule has 78 valence electrons. The molecule has 1 aliphatic heterocycles. The van der Waals surface area contributed by atoms with Gasteiger partial charge in [0.15, 0.2) is 0 Å². The van der Waals surface area contributed by atoms with Gasteiger partial charge in [0.1, 0.15) is 0 Å². The highest BCUT2D eigenvalue weighted by molar-refractivity contribution is 5.92. The Kier molecular flexibility index (Phi) is 2.09. The predicted octanol–water partition coefficient (Wildman–Crippen LogP) is 3.75. The molecule has 14 heavy (non-hydrogen) atoms. The molecule has 1 heterocycles. The van der Waals surface area contributed by atoms with Crippen molar-refractivity contribution in [3.63, 3.8) is 0 Å². The van der Waals surface area contributed by atoms with Gasteiger partial charge in [0, 0.05) is 11.1 Å². The zero-order valence-electron chi connectivity index (χ0n) is 9.85. The number of allylic oxidation sites excluding steroid dienone is 2. The maximum absolute atomic E-state index is 4.89. The molecule has 2 aliphatic rings. The van der Waals surface area contributed by atoms with Gasteiger partial charge in [-0.25, -0.2) is 0 Å². The molecule has 0 N–H and O–H groups in total. The maximum atomic E-state index is 4.89. The molecule has 0 aromatic rings. The van der Waals surface area contributed by atoms with Crippen molar-refractivity contribution < 1.29 is 0 Å². The highest BCUT2D eigenvalue weighted by atomic mass is 14.9. The Morgan fingerprint density at radius 2 is 1.93 bits per heavy atom. The average molecular weight is 191 g/mol. The fraction of sp³-hybridized carbons (Fsp3) is 0.769. The van der Waals surface area contributed by atoms with Crippen LogP contribution in [0.25, 0.3) is 0 Å². The first-order valence-electron chi connectivity index (χ1n) is 5.66. The summed E-state index contributed by atoms with van der Waals surface area (Å²) in [5, 5.41) is 0. The molecule has 0 fully saturated rings. The first-order chi connectivity index (χ1) is 6.41. The molecule has 1 atom stereocenters. The second-order valence-electron chi connectivity index (χ2n) is 5.86. The van der Waals surface area contributed by atoms with Crippen LogP contribution in [0.5, 0.6) is 0 Å². The second kappa shape index (κ2) is 2.95. The summed E-state index contributed by atoms with van der Waals surface area (Å²) in [5.74, 6) is 0. The summed E-state index contributed by atoms with van der Waals surface area (Å²) in [5.41, 5.74) is 3.56. The molecule has 0 aromatic heterocycles. The molecular weight excluding hydrogens is 170 g/mol. The van der Waals surface area contributed by atoms with E-state index in [1.54, 1.807) is 5.57 Å². The molecule has 0 radical (unpaired) electrons. The number of hydrogen-bond acceptors (Lipinski definition) is 1. The molecule has 0 amide bonds. The molecule has 0 aromatic carbocycles. The van der Waals surface area contributed by atoms with Crippen LogP contribution in [0.1, 0.15) is 53.4 Å². The Balaban J connectivity index is 2.29. The van der Waals surface area contributed by atoms with Crippen molar-refractivity contribution in [2.45, 2.75) is 58.9 Å². The Labute approximate surface area is 87.3 Å². The quantitative estimate of drug-likeness (QED) is 0.517. The lowest BCUT2D eigenvalue weighted by Crippen LogP contribution is -2.25. The topological polar surface area (TPSA) is 12.4 Å². The minimum atomic E-state index is 0.184. The highest BCUT2D eigenvalue weighted by Gasteiger charge is 2.42. The van der Waals surface area contributed by atoms with E-state index in [0.29, 0.717) is 5.41 Å². The third-order valence-corrected chi connectivity index (χ3v) is 3.61. The van der Waals surface area contributed by atoms with Crippen molar-refractivity contribution in [2.75, 3.05) is 0 Å². The fourth-order valence-corrected chi connectivity index (χ4v) is 2.96. The van der Waals surface area contributed by atoms with Crippen LogP contribution in [0.3, 0.4) is 0 Å². The largest absolute Gasteiger partial charge is 0.287 e. The van der Waals surface area contributed by atoms with E-state index >= 15 is 0 Å². The summed E-state index contributed by atoms with van der Waals surface area (Å²) >= 11 is 0. The van der Waals surface area contributed by atoms with Gasteiger partial charge in [-0.2, -0.15) is 0 Å². The Morgan fingerprint density at radius 3 is 2.64 bits per heavy atom. The number of aliphatic imine (C=N–C) groups is 1. The van der Waals surface area contributed by atoms with E-state index in [9.17, 15) is 0 Å². The van der Waals surface area contributed by atoms with Gasteiger partial charge in [-0.05, 0) is 46.5 Å². The van der Waals surface area contributed by atoms with Crippen molar-refractivity contribution in [2.24, 2.45) is 10.4 Å². The molecule has 2 rings (SSSR count). The van der Waals surface area contributed by atoms with Crippen molar-refractivity contribution in [1.29, 1.82) is 0 Å². The highest BCUT2D eigenvalue weighted by Crippen LogP contribution is 2.45. The summed E-state index contributed by atoms with van der Waals surface area (Å²) in [7, 11) is 0. The summed E-state index contributed by atoms with van der Waals surface area (Å²) < 4.78 is 0. The Hall–Kier alpha value is -0.590. The van der Waals surface area contributed by atoms with Crippen LogP contribution in [0.4, 0.5) is 0 Å². The lowest BCUT2D eigenvalue weighted by molar-refractivity contribution is 0.366. The molecule has 1 aliphatic carbocycles. The SMILES string of the molecule is CC1=CC[C@]2(C)CC(C)(C)N=C2CC1. The van der Waals surface area contributed by atoms with Crippen LogP contribution < -0.4 is 0 Å². The molecule has 1 nitrogen and oxygen atoms in total. The van der Waals surface area contributed by atoms with E-state index in [0.717, 1.165) is 0 Å². The Morgan fingerprint density at radius 1 is 1.21 bits per heavy atom.